The molecule has 33 heavy (non-hydrogen) atoms. The molecule has 1 amide bonds. The molecule has 0 bridgehead atoms. The maximum absolute atomic E-state index is 14.7. The summed E-state index contributed by atoms with van der Waals surface area (Å²) >= 11 is 0.805. The topological polar surface area (TPSA) is 46.6 Å². The molecule has 0 radical (unpaired) electrons. The molecule has 1 saturated heterocycles. The highest BCUT2D eigenvalue weighted by Gasteiger charge is 2.55. The van der Waals surface area contributed by atoms with Crippen LogP contribution in [0, 0.1) is 18.6 Å². The fraction of sp³-hybridized carbons (Fsp3) is 0.462. The standard InChI is InChI=1S/C26H29F2NO3S/c1-15-11-19-20(25(4,5)10-9-24(19,2)3)13-18(15)26(29(32-6)22(30)23(31)33-26)14-16-12-17(27)7-8-21(16)28/h7-8,11-13H,9-10,14H2,1-6H3. The van der Waals surface area contributed by atoms with E-state index in [4.69, 9.17) is 4.84 Å². The molecule has 1 aliphatic carbocycles. The van der Waals surface area contributed by atoms with Gasteiger partial charge in [-0.25, -0.2) is 8.78 Å². The number of hydrogen-bond acceptors (Lipinski definition) is 4. The Labute approximate surface area is 197 Å². The van der Waals surface area contributed by atoms with E-state index in [9.17, 15) is 18.4 Å². The van der Waals surface area contributed by atoms with E-state index >= 15 is 0 Å². The van der Waals surface area contributed by atoms with Gasteiger partial charge in [0.15, 0.2) is 4.87 Å². The maximum Gasteiger partial charge on any atom is 0.326 e. The number of fused-ring (bicyclic) bond motifs is 1. The van der Waals surface area contributed by atoms with Gasteiger partial charge in [-0.1, -0.05) is 39.8 Å². The van der Waals surface area contributed by atoms with E-state index < -0.39 is 27.5 Å². The second kappa shape index (κ2) is 7.91. The normalized spacial score (nSPS) is 23.7. The van der Waals surface area contributed by atoms with Crippen LogP contribution in [0.1, 0.15) is 68.4 Å². The Morgan fingerprint density at radius 2 is 1.58 bits per heavy atom. The molecule has 7 heteroatoms. The molecule has 1 heterocycles. The second-order valence-electron chi connectivity index (χ2n) is 10.3. The molecule has 4 nitrogen and oxygen atoms in total. The fourth-order valence-electron chi connectivity index (χ4n) is 5.16. The Kier molecular flexibility index (Phi) is 5.73. The Morgan fingerprint density at radius 3 is 2.18 bits per heavy atom. The van der Waals surface area contributed by atoms with Crippen molar-refractivity contribution in [3.8, 4) is 0 Å². The van der Waals surface area contributed by atoms with Gasteiger partial charge in [-0.3, -0.25) is 14.4 Å². The summed E-state index contributed by atoms with van der Waals surface area (Å²) in [6.07, 6.45) is 1.91. The largest absolute Gasteiger partial charge is 0.326 e. The number of carbonyl (C=O) groups excluding carboxylic acids is 2. The number of hydrogen-bond donors (Lipinski definition) is 0. The molecular weight excluding hydrogens is 444 g/mol. The van der Waals surface area contributed by atoms with Crippen molar-refractivity contribution >= 4 is 22.8 Å². The third-order valence-corrected chi connectivity index (χ3v) is 8.42. The van der Waals surface area contributed by atoms with Crippen LogP contribution in [-0.2, 0) is 36.5 Å². The molecule has 1 aliphatic heterocycles. The van der Waals surface area contributed by atoms with Gasteiger partial charge in [-0.05, 0) is 88.4 Å². The average molecular weight is 474 g/mol. The van der Waals surface area contributed by atoms with Crippen LogP contribution < -0.4 is 0 Å². The predicted molar refractivity (Wildman–Crippen MR) is 125 cm³/mol. The highest BCUT2D eigenvalue weighted by molar-refractivity contribution is 8.16. The third-order valence-electron chi connectivity index (χ3n) is 7.19. The maximum atomic E-state index is 14.7. The summed E-state index contributed by atoms with van der Waals surface area (Å²) in [7, 11) is 1.31. The number of amides is 1. The summed E-state index contributed by atoms with van der Waals surface area (Å²) in [4.78, 5) is 29.5. The van der Waals surface area contributed by atoms with Crippen LogP contribution in [0.2, 0.25) is 0 Å². The molecular formula is C26H29F2NO3S. The highest BCUT2D eigenvalue weighted by atomic mass is 32.2. The number of rotatable bonds is 4. The van der Waals surface area contributed by atoms with Crippen molar-refractivity contribution < 1.29 is 23.2 Å². The third kappa shape index (κ3) is 3.79. The van der Waals surface area contributed by atoms with Gasteiger partial charge in [-0.15, -0.1) is 0 Å². The van der Waals surface area contributed by atoms with Crippen LogP contribution in [0.15, 0.2) is 30.3 Å². The molecule has 2 aromatic carbocycles. The van der Waals surface area contributed by atoms with Crippen LogP contribution in [0.25, 0.3) is 0 Å². The SMILES string of the molecule is CON1C(=O)C(=O)SC1(Cc1cc(F)ccc1F)c1cc2c(cc1C)C(C)(C)CCC2(C)C. The monoisotopic (exact) mass is 473 g/mol. The van der Waals surface area contributed by atoms with E-state index in [0.29, 0.717) is 5.56 Å². The first kappa shape index (κ1) is 23.9. The molecule has 0 aromatic heterocycles. The highest BCUT2D eigenvalue weighted by Crippen LogP contribution is 2.53. The van der Waals surface area contributed by atoms with Crippen molar-refractivity contribution in [2.45, 2.75) is 69.6 Å². The van der Waals surface area contributed by atoms with Gasteiger partial charge >= 0.3 is 5.91 Å². The van der Waals surface area contributed by atoms with Crippen molar-refractivity contribution in [2.24, 2.45) is 0 Å². The van der Waals surface area contributed by atoms with Crippen molar-refractivity contribution in [3.63, 3.8) is 0 Å². The van der Waals surface area contributed by atoms with Crippen LogP contribution >= 0.6 is 11.8 Å². The lowest BCUT2D eigenvalue weighted by Gasteiger charge is -2.44. The first-order valence-electron chi connectivity index (χ1n) is 11.0. The summed E-state index contributed by atoms with van der Waals surface area (Å²) < 4.78 is 28.7. The van der Waals surface area contributed by atoms with E-state index in [-0.39, 0.29) is 22.8 Å². The van der Waals surface area contributed by atoms with Crippen LogP contribution in [0.5, 0.6) is 0 Å². The van der Waals surface area contributed by atoms with Gasteiger partial charge < -0.3 is 0 Å². The van der Waals surface area contributed by atoms with Gasteiger partial charge in [-0.2, -0.15) is 5.06 Å². The Hall–Kier alpha value is -2.25. The van der Waals surface area contributed by atoms with E-state index in [1.165, 1.54) is 12.7 Å². The van der Waals surface area contributed by atoms with E-state index in [0.717, 1.165) is 59.0 Å². The molecule has 0 spiro atoms. The van der Waals surface area contributed by atoms with Crippen LogP contribution in [0.4, 0.5) is 8.78 Å². The molecule has 1 unspecified atom stereocenters. The number of thioether (sulfide) groups is 1. The quantitative estimate of drug-likeness (QED) is 0.536. The zero-order chi connectivity index (χ0) is 24.3. The summed E-state index contributed by atoms with van der Waals surface area (Å²) in [6, 6.07) is 7.39. The number of nitrogens with zero attached hydrogens (tertiary/aromatic N) is 1. The Bertz CT molecular complexity index is 1160. The first-order valence-corrected chi connectivity index (χ1v) is 11.9. The van der Waals surface area contributed by atoms with Crippen molar-refractivity contribution in [2.75, 3.05) is 7.11 Å². The zero-order valence-electron chi connectivity index (χ0n) is 19.8. The number of aryl methyl sites for hydroxylation is 1. The summed E-state index contributed by atoms with van der Waals surface area (Å²) in [5.74, 6) is -2.00. The molecule has 2 aliphatic rings. The van der Waals surface area contributed by atoms with E-state index in [1.54, 1.807) is 0 Å². The van der Waals surface area contributed by atoms with Gasteiger partial charge in [0.25, 0.3) is 5.12 Å². The molecule has 176 valence electrons. The number of halogens is 2. The minimum absolute atomic E-state index is 0.0224. The Balaban J connectivity index is 1.99. The molecule has 0 N–H and O–H groups in total. The van der Waals surface area contributed by atoms with Crippen molar-refractivity contribution in [3.05, 3.63) is 69.8 Å². The fourth-order valence-corrected chi connectivity index (χ4v) is 6.44. The number of hydroxylamine groups is 2. The zero-order valence-corrected chi connectivity index (χ0v) is 20.7. The van der Waals surface area contributed by atoms with Gasteiger partial charge in [0.1, 0.15) is 11.6 Å². The van der Waals surface area contributed by atoms with E-state index in [2.05, 4.69) is 33.8 Å². The van der Waals surface area contributed by atoms with Crippen LogP contribution in [0.3, 0.4) is 0 Å². The minimum atomic E-state index is -1.35. The van der Waals surface area contributed by atoms with Gasteiger partial charge in [0.2, 0.25) is 0 Å². The van der Waals surface area contributed by atoms with E-state index in [1.807, 2.05) is 13.0 Å². The average Bonchev–Trinajstić information content (AvgIpc) is 2.98. The lowest BCUT2D eigenvalue weighted by Crippen LogP contribution is -2.44. The predicted octanol–water partition coefficient (Wildman–Crippen LogP) is 5.68. The number of benzene rings is 2. The molecule has 0 saturated carbocycles. The molecule has 1 atom stereocenters. The number of carbonyl (C=O) groups is 2. The van der Waals surface area contributed by atoms with Crippen LogP contribution in [-0.4, -0.2) is 23.2 Å². The minimum Gasteiger partial charge on any atom is -0.276 e. The smallest absolute Gasteiger partial charge is 0.276 e. The van der Waals surface area contributed by atoms with Crippen molar-refractivity contribution in [1.82, 2.24) is 5.06 Å². The van der Waals surface area contributed by atoms with Gasteiger partial charge in [0.05, 0.1) is 7.11 Å². The molecule has 4 rings (SSSR count). The van der Waals surface area contributed by atoms with Crippen molar-refractivity contribution in [1.29, 1.82) is 0 Å². The first-order chi connectivity index (χ1) is 15.3. The summed E-state index contributed by atoms with van der Waals surface area (Å²) in [6.45, 7) is 10.7. The summed E-state index contributed by atoms with van der Waals surface area (Å²) in [5.41, 5.74) is 3.87. The lowest BCUT2D eigenvalue weighted by atomic mass is 9.62. The second-order valence-corrected chi connectivity index (χ2v) is 11.6. The van der Waals surface area contributed by atoms with Gasteiger partial charge in [0, 0.05) is 6.42 Å². The lowest BCUT2D eigenvalue weighted by molar-refractivity contribution is -0.190. The molecule has 1 fully saturated rings. The Morgan fingerprint density at radius 1 is 0.970 bits per heavy atom. The summed E-state index contributed by atoms with van der Waals surface area (Å²) in [5, 5.41) is 0.338. The molecule has 2 aromatic rings.